The molecule has 1 heterocycles. The van der Waals surface area contributed by atoms with E-state index < -0.39 is 35.7 Å². The molecule has 0 spiro atoms. The highest BCUT2D eigenvalue weighted by molar-refractivity contribution is 5.96. The third-order valence-electron chi connectivity index (χ3n) is 7.52. The Labute approximate surface area is 236 Å². The molecule has 0 aliphatic heterocycles. The third kappa shape index (κ3) is 7.79. The molecule has 0 unspecified atom stereocenters. The molecule has 1 aliphatic rings. The number of benzene rings is 2. The summed E-state index contributed by atoms with van der Waals surface area (Å²) in [7, 11) is 0. The van der Waals surface area contributed by atoms with Crippen LogP contribution in [-0.4, -0.2) is 40.2 Å². The van der Waals surface area contributed by atoms with Crippen LogP contribution in [0.3, 0.4) is 0 Å². The molecule has 1 fully saturated rings. The molecule has 0 saturated heterocycles. The van der Waals surface area contributed by atoms with Gasteiger partial charge in [-0.1, -0.05) is 36.4 Å². The number of pyridine rings is 1. The first-order valence-electron chi connectivity index (χ1n) is 13.5. The van der Waals surface area contributed by atoms with Crippen molar-refractivity contribution in [3.05, 3.63) is 89.7 Å². The maximum Gasteiger partial charge on any atom is 0.416 e. The fraction of sp³-hybridized carbons (Fsp3) is 0.355. The molecule has 4 N–H and O–H groups in total. The minimum atomic E-state index is -4.57. The standard InChI is InChI=1S/C31H33F3N4O3/c1-20(38-28(39)19-37-29(40)23-4-2-6-26(17-23)31(32,33)34)16-27(35)22-11-13-30(41,14-12-22)25-9-7-21(8-10-25)24-5-3-15-36-18-24/h2-10,15,17-18,20,22,35,41H,11-14,16,19H2,1H3,(H,37,40)(H,38,39)/t20-,22?,30?/m1/s1. The van der Waals surface area contributed by atoms with Gasteiger partial charge >= 0.3 is 6.18 Å². The van der Waals surface area contributed by atoms with E-state index in [-0.39, 0.29) is 17.5 Å². The number of alkyl halides is 3. The van der Waals surface area contributed by atoms with Gasteiger partial charge in [-0.3, -0.25) is 14.6 Å². The molecule has 10 heteroatoms. The van der Waals surface area contributed by atoms with Gasteiger partial charge in [-0.05, 0) is 79.5 Å². The van der Waals surface area contributed by atoms with Crippen molar-refractivity contribution in [2.24, 2.45) is 5.92 Å². The van der Waals surface area contributed by atoms with E-state index in [1.54, 1.807) is 19.3 Å². The van der Waals surface area contributed by atoms with Gasteiger partial charge in [0.05, 0.1) is 17.7 Å². The molecule has 4 rings (SSSR count). The van der Waals surface area contributed by atoms with Crippen molar-refractivity contribution in [2.45, 2.75) is 56.8 Å². The van der Waals surface area contributed by atoms with Crippen molar-refractivity contribution < 1.29 is 27.9 Å². The van der Waals surface area contributed by atoms with E-state index in [1.165, 1.54) is 6.07 Å². The molecule has 0 radical (unpaired) electrons. The zero-order chi connectivity index (χ0) is 29.6. The molecular weight excluding hydrogens is 533 g/mol. The Hall–Kier alpha value is -4.05. The largest absolute Gasteiger partial charge is 0.416 e. The first-order valence-corrected chi connectivity index (χ1v) is 13.5. The van der Waals surface area contributed by atoms with Crippen molar-refractivity contribution in [1.29, 1.82) is 5.41 Å². The van der Waals surface area contributed by atoms with E-state index in [0.717, 1.165) is 34.9 Å². The van der Waals surface area contributed by atoms with E-state index in [1.807, 2.05) is 36.4 Å². The summed E-state index contributed by atoms with van der Waals surface area (Å²) in [6.45, 7) is 1.35. The lowest BCUT2D eigenvalue weighted by Gasteiger charge is -2.37. The van der Waals surface area contributed by atoms with Gasteiger partial charge in [-0.25, -0.2) is 0 Å². The molecule has 1 aromatic heterocycles. The number of hydrogen-bond donors (Lipinski definition) is 4. The number of nitrogens with zero attached hydrogens (tertiary/aromatic N) is 1. The van der Waals surface area contributed by atoms with Crippen LogP contribution in [0.5, 0.6) is 0 Å². The molecule has 2 amide bonds. The van der Waals surface area contributed by atoms with Crippen molar-refractivity contribution in [3.8, 4) is 11.1 Å². The Balaban J connectivity index is 1.22. The van der Waals surface area contributed by atoms with Crippen LogP contribution in [0.4, 0.5) is 13.2 Å². The Morgan fingerprint density at radius 1 is 1.07 bits per heavy atom. The number of hydrogen-bond acceptors (Lipinski definition) is 5. The average molecular weight is 567 g/mol. The van der Waals surface area contributed by atoms with Crippen LogP contribution in [0.25, 0.3) is 11.1 Å². The SMILES string of the molecule is C[C@H](CC(=N)C1CCC(O)(c2ccc(-c3cccnc3)cc2)CC1)NC(=O)CNC(=O)c1cccc(C(F)(F)F)c1. The van der Waals surface area contributed by atoms with Crippen LogP contribution in [0.15, 0.2) is 73.1 Å². The number of nitrogens with one attached hydrogen (secondary N) is 3. The highest BCUT2D eigenvalue weighted by atomic mass is 19.4. The number of carbonyl (C=O) groups is 2. The van der Waals surface area contributed by atoms with E-state index in [4.69, 9.17) is 5.41 Å². The van der Waals surface area contributed by atoms with Gasteiger partial charge in [0.15, 0.2) is 0 Å². The summed E-state index contributed by atoms with van der Waals surface area (Å²) < 4.78 is 38.6. The van der Waals surface area contributed by atoms with Crippen molar-refractivity contribution in [1.82, 2.24) is 15.6 Å². The number of halogens is 3. The maximum atomic E-state index is 12.9. The van der Waals surface area contributed by atoms with Gasteiger partial charge in [0.1, 0.15) is 0 Å². The Morgan fingerprint density at radius 2 is 1.78 bits per heavy atom. The van der Waals surface area contributed by atoms with Gasteiger partial charge in [0.2, 0.25) is 5.91 Å². The molecule has 1 aliphatic carbocycles. The smallest absolute Gasteiger partial charge is 0.385 e. The lowest BCUT2D eigenvalue weighted by molar-refractivity contribution is -0.137. The van der Waals surface area contributed by atoms with Crippen LogP contribution >= 0.6 is 0 Å². The summed E-state index contributed by atoms with van der Waals surface area (Å²) in [4.78, 5) is 28.7. The van der Waals surface area contributed by atoms with E-state index in [0.29, 0.717) is 37.8 Å². The van der Waals surface area contributed by atoms with Crippen LogP contribution in [0, 0.1) is 11.3 Å². The predicted octanol–water partition coefficient (Wildman–Crippen LogP) is 5.49. The van der Waals surface area contributed by atoms with E-state index in [9.17, 15) is 27.9 Å². The quantitative estimate of drug-likeness (QED) is 0.257. The fourth-order valence-corrected chi connectivity index (χ4v) is 5.21. The number of aromatic nitrogens is 1. The van der Waals surface area contributed by atoms with Crippen molar-refractivity contribution in [3.63, 3.8) is 0 Å². The summed E-state index contributed by atoms with van der Waals surface area (Å²) in [5, 5.41) is 24.9. The maximum absolute atomic E-state index is 12.9. The number of rotatable bonds is 9. The number of amides is 2. The molecule has 2 aromatic carbocycles. The Kier molecular flexibility index (Phi) is 9.22. The Bertz CT molecular complexity index is 1370. The second kappa shape index (κ2) is 12.6. The summed E-state index contributed by atoms with van der Waals surface area (Å²) in [6.07, 6.45) is 1.59. The monoisotopic (exact) mass is 566 g/mol. The first kappa shape index (κ1) is 29.9. The topological polar surface area (TPSA) is 115 Å². The highest BCUT2D eigenvalue weighted by Gasteiger charge is 2.36. The van der Waals surface area contributed by atoms with Gasteiger partial charge in [-0.2, -0.15) is 13.2 Å². The minimum absolute atomic E-state index is 0.00935. The average Bonchev–Trinajstić information content (AvgIpc) is 2.96. The van der Waals surface area contributed by atoms with Crippen LogP contribution in [0.2, 0.25) is 0 Å². The number of aliphatic hydroxyl groups is 1. The third-order valence-corrected chi connectivity index (χ3v) is 7.52. The molecule has 216 valence electrons. The first-order chi connectivity index (χ1) is 19.4. The Morgan fingerprint density at radius 3 is 2.41 bits per heavy atom. The predicted molar refractivity (Wildman–Crippen MR) is 149 cm³/mol. The summed E-state index contributed by atoms with van der Waals surface area (Å²) in [6, 6.07) is 15.3. The van der Waals surface area contributed by atoms with Crippen molar-refractivity contribution >= 4 is 17.5 Å². The lowest BCUT2D eigenvalue weighted by atomic mass is 9.73. The molecular formula is C31H33F3N4O3. The molecule has 3 aromatic rings. The van der Waals surface area contributed by atoms with Gasteiger partial charge in [-0.15, -0.1) is 0 Å². The summed E-state index contributed by atoms with van der Waals surface area (Å²) >= 11 is 0. The van der Waals surface area contributed by atoms with Gasteiger partial charge in [0, 0.05) is 36.1 Å². The van der Waals surface area contributed by atoms with Crippen molar-refractivity contribution in [2.75, 3.05) is 6.54 Å². The zero-order valence-corrected chi connectivity index (χ0v) is 22.7. The lowest BCUT2D eigenvalue weighted by Crippen LogP contribution is -2.42. The van der Waals surface area contributed by atoms with Crippen LogP contribution in [0.1, 0.15) is 60.5 Å². The second-order valence-corrected chi connectivity index (χ2v) is 10.6. The minimum Gasteiger partial charge on any atom is -0.385 e. The zero-order valence-electron chi connectivity index (χ0n) is 22.7. The van der Waals surface area contributed by atoms with E-state index >= 15 is 0 Å². The molecule has 7 nitrogen and oxygen atoms in total. The normalized spacial score (nSPS) is 19.7. The van der Waals surface area contributed by atoms with Crippen LogP contribution in [-0.2, 0) is 16.6 Å². The molecule has 41 heavy (non-hydrogen) atoms. The summed E-state index contributed by atoms with van der Waals surface area (Å²) in [5.41, 5.74) is 1.27. The molecule has 1 saturated carbocycles. The van der Waals surface area contributed by atoms with Crippen LogP contribution < -0.4 is 10.6 Å². The van der Waals surface area contributed by atoms with E-state index in [2.05, 4.69) is 15.6 Å². The number of carbonyl (C=O) groups excluding carboxylic acids is 2. The molecule has 0 bridgehead atoms. The highest BCUT2D eigenvalue weighted by Crippen LogP contribution is 2.40. The van der Waals surface area contributed by atoms with Gasteiger partial charge in [0.25, 0.3) is 5.91 Å². The second-order valence-electron chi connectivity index (χ2n) is 10.6. The van der Waals surface area contributed by atoms with Gasteiger partial charge < -0.3 is 21.1 Å². The summed E-state index contributed by atoms with van der Waals surface area (Å²) in [5.74, 6) is -1.30. The fourth-order valence-electron chi connectivity index (χ4n) is 5.21. The molecule has 1 atom stereocenters.